The fraction of sp³-hybridized carbons (Fsp3) is 0.286. The van der Waals surface area contributed by atoms with E-state index in [2.05, 4.69) is 29.3 Å². The van der Waals surface area contributed by atoms with Gasteiger partial charge in [-0.15, -0.1) is 11.3 Å². The Morgan fingerprint density at radius 2 is 2.29 bits per heavy atom. The molecule has 0 saturated carbocycles. The van der Waals surface area contributed by atoms with Gasteiger partial charge in [-0.3, -0.25) is 0 Å². The molecule has 0 aliphatic rings. The van der Waals surface area contributed by atoms with E-state index in [0.29, 0.717) is 17.1 Å². The van der Waals surface area contributed by atoms with Crippen molar-refractivity contribution in [2.45, 2.75) is 25.9 Å². The molecule has 7 heteroatoms. The Morgan fingerprint density at radius 1 is 1.52 bits per heavy atom. The van der Waals surface area contributed by atoms with Crippen LogP contribution in [0.4, 0.5) is 0 Å². The molecule has 0 atom stereocenters. The van der Waals surface area contributed by atoms with Gasteiger partial charge in [0.15, 0.2) is 5.84 Å². The van der Waals surface area contributed by atoms with Gasteiger partial charge < -0.3 is 16.3 Å². The number of thiazole rings is 1. The Bertz CT molecular complexity index is 640. The third kappa shape index (κ3) is 3.72. The first kappa shape index (κ1) is 15.8. The van der Waals surface area contributed by atoms with Crippen LogP contribution >= 0.6 is 22.9 Å². The van der Waals surface area contributed by atoms with Gasteiger partial charge in [0.25, 0.3) is 0 Å². The van der Waals surface area contributed by atoms with Crippen LogP contribution in [0.15, 0.2) is 34.9 Å². The number of aromatic nitrogens is 1. The number of benzene rings is 1. The van der Waals surface area contributed by atoms with Gasteiger partial charge >= 0.3 is 0 Å². The topological polar surface area (TPSA) is 83.5 Å². The molecule has 1 aromatic carbocycles. The van der Waals surface area contributed by atoms with Crippen molar-refractivity contribution in [2.75, 3.05) is 0 Å². The van der Waals surface area contributed by atoms with Gasteiger partial charge in [-0.1, -0.05) is 28.9 Å². The van der Waals surface area contributed by atoms with Crippen molar-refractivity contribution in [1.29, 1.82) is 0 Å². The van der Waals surface area contributed by atoms with Crippen molar-refractivity contribution >= 4 is 28.8 Å². The van der Waals surface area contributed by atoms with E-state index < -0.39 is 0 Å². The van der Waals surface area contributed by atoms with Gasteiger partial charge in [0.05, 0.1) is 5.54 Å². The number of rotatable bonds is 5. The highest BCUT2D eigenvalue weighted by atomic mass is 35.5. The van der Waals surface area contributed by atoms with Gasteiger partial charge in [-0.25, -0.2) is 4.98 Å². The van der Waals surface area contributed by atoms with Crippen molar-refractivity contribution in [3.05, 3.63) is 50.9 Å². The molecule has 0 fully saturated rings. The molecule has 21 heavy (non-hydrogen) atoms. The molecule has 4 N–H and O–H groups in total. The highest BCUT2D eigenvalue weighted by molar-refractivity contribution is 7.09. The van der Waals surface area contributed by atoms with Crippen LogP contribution in [-0.2, 0) is 12.1 Å². The molecule has 0 aliphatic heterocycles. The van der Waals surface area contributed by atoms with E-state index in [9.17, 15) is 0 Å². The summed E-state index contributed by atoms with van der Waals surface area (Å²) >= 11 is 7.85. The molecule has 5 nitrogen and oxygen atoms in total. The standard InChI is InChI=1S/C14H17ClN4OS/c1-14(2,13-17-5-6-21-13)18-8-10-4-3-9(7-11(10)15)12(16)19-20/h3-7,18,20H,8H2,1-2H3,(H2,16,19). The normalized spacial score (nSPS) is 12.6. The number of hydrogen-bond acceptors (Lipinski definition) is 5. The molecule has 1 aromatic heterocycles. The molecule has 2 aromatic rings. The fourth-order valence-electron chi connectivity index (χ4n) is 1.83. The minimum Gasteiger partial charge on any atom is -0.409 e. The van der Waals surface area contributed by atoms with Crippen LogP contribution in [0.3, 0.4) is 0 Å². The summed E-state index contributed by atoms with van der Waals surface area (Å²) in [6.45, 7) is 4.75. The molecule has 0 spiro atoms. The minimum atomic E-state index is -0.234. The van der Waals surface area contributed by atoms with E-state index in [4.69, 9.17) is 22.5 Å². The van der Waals surface area contributed by atoms with Crippen LogP contribution < -0.4 is 11.1 Å². The number of nitrogens with one attached hydrogen (secondary N) is 1. The lowest BCUT2D eigenvalue weighted by Crippen LogP contribution is -2.35. The van der Waals surface area contributed by atoms with Gasteiger partial charge in [0, 0.05) is 28.7 Å². The third-order valence-electron chi connectivity index (χ3n) is 3.14. The van der Waals surface area contributed by atoms with Gasteiger partial charge in [0.2, 0.25) is 0 Å². The van der Waals surface area contributed by atoms with Crippen LogP contribution in [0.2, 0.25) is 5.02 Å². The maximum absolute atomic E-state index is 8.67. The first-order valence-electron chi connectivity index (χ1n) is 6.35. The zero-order chi connectivity index (χ0) is 15.5. The Morgan fingerprint density at radius 3 is 2.86 bits per heavy atom. The summed E-state index contributed by atoms with van der Waals surface area (Å²) in [5.74, 6) is 0.0412. The summed E-state index contributed by atoms with van der Waals surface area (Å²) in [4.78, 5) is 4.33. The lowest BCUT2D eigenvalue weighted by molar-refractivity contribution is 0.318. The van der Waals surface area contributed by atoms with E-state index >= 15 is 0 Å². The number of halogens is 1. The average Bonchev–Trinajstić information content (AvgIpc) is 3.00. The maximum Gasteiger partial charge on any atom is 0.170 e. The van der Waals surface area contributed by atoms with Gasteiger partial charge in [0.1, 0.15) is 5.01 Å². The summed E-state index contributed by atoms with van der Waals surface area (Å²) in [6, 6.07) is 5.32. The van der Waals surface area contributed by atoms with Crippen molar-refractivity contribution < 1.29 is 5.21 Å². The predicted octanol–water partition coefficient (Wildman–Crippen LogP) is 2.92. The molecular weight excluding hydrogens is 308 g/mol. The molecule has 0 unspecified atom stereocenters. The number of amidine groups is 1. The van der Waals surface area contributed by atoms with Crippen LogP contribution in [0.1, 0.15) is 30.0 Å². The second-order valence-corrected chi connectivity index (χ2v) is 6.41. The van der Waals surface area contributed by atoms with Crippen LogP contribution in [-0.4, -0.2) is 16.0 Å². The first-order chi connectivity index (χ1) is 9.94. The monoisotopic (exact) mass is 324 g/mol. The summed E-state index contributed by atoms with van der Waals surface area (Å²) in [7, 11) is 0. The SMILES string of the molecule is CC(C)(NCc1ccc(/C(N)=N/O)cc1Cl)c1nccs1. The molecule has 0 aliphatic carbocycles. The molecule has 0 amide bonds. The zero-order valence-corrected chi connectivity index (χ0v) is 13.4. The molecule has 1 heterocycles. The lowest BCUT2D eigenvalue weighted by Gasteiger charge is -2.24. The Balaban J connectivity index is 2.10. The highest BCUT2D eigenvalue weighted by Gasteiger charge is 2.22. The van der Waals surface area contributed by atoms with E-state index in [1.807, 2.05) is 11.4 Å². The molecule has 2 rings (SSSR count). The van der Waals surface area contributed by atoms with Crippen LogP contribution in [0.5, 0.6) is 0 Å². The van der Waals surface area contributed by atoms with Crippen molar-refractivity contribution in [1.82, 2.24) is 10.3 Å². The summed E-state index contributed by atoms with van der Waals surface area (Å²) in [5, 5.41) is 18.6. The Kier molecular flexibility index (Phi) is 4.82. The quantitative estimate of drug-likeness (QED) is 0.342. The predicted molar refractivity (Wildman–Crippen MR) is 85.9 cm³/mol. The van der Waals surface area contributed by atoms with Crippen LogP contribution in [0.25, 0.3) is 0 Å². The smallest absolute Gasteiger partial charge is 0.170 e. The van der Waals surface area contributed by atoms with E-state index in [0.717, 1.165) is 10.6 Å². The van der Waals surface area contributed by atoms with Crippen LogP contribution in [0, 0.1) is 0 Å². The van der Waals surface area contributed by atoms with Gasteiger partial charge in [-0.05, 0) is 25.5 Å². The highest BCUT2D eigenvalue weighted by Crippen LogP contribution is 2.24. The Labute approximate surface area is 132 Å². The minimum absolute atomic E-state index is 0.0412. The molecule has 0 radical (unpaired) electrons. The van der Waals surface area contributed by atoms with E-state index in [1.165, 1.54) is 0 Å². The molecule has 0 saturated heterocycles. The molecular formula is C14H17ClN4OS. The average molecular weight is 325 g/mol. The number of oxime groups is 1. The summed E-state index contributed by atoms with van der Waals surface area (Å²) < 4.78 is 0. The second-order valence-electron chi connectivity index (χ2n) is 5.11. The summed E-state index contributed by atoms with van der Waals surface area (Å²) in [6.07, 6.45) is 1.79. The van der Waals surface area contributed by atoms with Gasteiger partial charge in [-0.2, -0.15) is 0 Å². The summed E-state index contributed by atoms with van der Waals surface area (Å²) in [5.41, 5.74) is 6.83. The largest absolute Gasteiger partial charge is 0.409 e. The van der Waals surface area contributed by atoms with E-state index in [-0.39, 0.29) is 11.4 Å². The first-order valence-corrected chi connectivity index (χ1v) is 7.61. The third-order valence-corrected chi connectivity index (χ3v) is 4.59. The number of hydrogen-bond donors (Lipinski definition) is 3. The number of nitrogens with zero attached hydrogens (tertiary/aromatic N) is 2. The second kappa shape index (κ2) is 6.43. The van der Waals surface area contributed by atoms with Crippen molar-refractivity contribution in [3.8, 4) is 0 Å². The van der Waals surface area contributed by atoms with Crippen molar-refractivity contribution in [3.63, 3.8) is 0 Å². The van der Waals surface area contributed by atoms with E-state index in [1.54, 1.807) is 29.7 Å². The Hall–Kier alpha value is -1.63. The molecule has 0 bridgehead atoms. The maximum atomic E-state index is 8.67. The number of nitrogens with two attached hydrogens (primary N) is 1. The molecule has 112 valence electrons. The van der Waals surface area contributed by atoms with Crippen molar-refractivity contribution in [2.24, 2.45) is 10.9 Å². The zero-order valence-electron chi connectivity index (χ0n) is 11.8. The lowest BCUT2D eigenvalue weighted by atomic mass is 10.1. The fourth-order valence-corrected chi connectivity index (χ4v) is 2.82.